The number of hydrogen-bond donors (Lipinski definition) is 0. The molecule has 0 aliphatic carbocycles. The summed E-state index contributed by atoms with van der Waals surface area (Å²) in [6.45, 7) is 2.60. The summed E-state index contributed by atoms with van der Waals surface area (Å²) >= 11 is 26.5. The minimum absolute atomic E-state index is 0.601. The lowest BCUT2D eigenvalue weighted by Crippen LogP contribution is -2.34. The molecule has 0 radical (unpaired) electrons. The van der Waals surface area contributed by atoms with Gasteiger partial charge in [0.1, 0.15) is 11.5 Å². The van der Waals surface area contributed by atoms with Gasteiger partial charge in [-0.05, 0) is 63.5 Å². The van der Waals surface area contributed by atoms with Crippen LogP contribution in [0.25, 0.3) is 0 Å². The fourth-order valence-corrected chi connectivity index (χ4v) is 23.5. The number of nitrogens with zero attached hydrogens (tertiary/aromatic N) is 6. The van der Waals surface area contributed by atoms with Crippen molar-refractivity contribution in [2.45, 2.75) is 19.5 Å². The van der Waals surface area contributed by atoms with E-state index in [1.807, 2.05) is 48.5 Å². The Morgan fingerprint density at radius 3 is 1.70 bits per heavy atom. The summed E-state index contributed by atoms with van der Waals surface area (Å²) in [6, 6.07) is 15.7. The first-order valence-electron chi connectivity index (χ1n) is 10.1. The predicted octanol–water partition coefficient (Wildman–Crippen LogP) is 9.93. The van der Waals surface area contributed by atoms with Gasteiger partial charge in [-0.3, -0.25) is 0 Å². The minimum Gasteiger partial charge on any atom is -0.430 e. The van der Waals surface area contributed by atoms with Crippen molar-refractivity contribution in [3.8, 4) is 11.5 Å². The lowest BCUT2D eigenvalue weighted by Gasteiger charge is -2.45. The van der Waals surface area contributed by atoms with Gasteiger partial charge in [0.25, 0.3) is 11.8 Å². The molecule has 2 bridgehead atoms. The molecular weight excluding hydrogens is 586 g/mol. The highest BCUT2D eigenvalue weighted by molar-refractivity contribution is 8.19. The third-order valence-electron chi connectivity index (χ3n) is 5.56. The number of halogens is 4. The van der Waals surface area contributed by atoms with E-state index in [0.29, 0.717) is 37.7 Å². The molecule has 6 rings (SSSR count). The van der Waals surface area contributed by atoms with E-state index in [9.17, 15) is 0 Å². The third-order valence-corrected chi connectivity index (χ3v) is 20.6. The van der Waals surface area contributed by atoms with E-state index >= 15 is 0 Å². The first-order valence-corrected chi connectivity index (χ1v) is 20.2. The second-order valence-corrected chi connectivity index (χ2v) is 22.8. The van der Waals surface area contributed by atoms with Crippen LogP contribution in [0.3, 0.4) is 0 Å². The van der Waals surface area contributed by atoms with Gasteiger partial charge in [0.15, 0.2) is 0 Å². The number of hydrogen-bond acceptors (Lipinski definition) is 8. The van der Waals surface area contributed by atoms with Crippen LogP contribution in [0.4, 0.5) is 0 Å². The molecule has 2 atom stereocenters. The second-order valence-electron chi connectivity index (χ2n) is 7.82. The van der Waals surface area contributed by atoms with E-state index in [2.05, 4.69) is 13.9 Å². The molecule has 2 unspecified atom stereocenters. The second kappa shape index (κ2) is 8.29. The van der Waals surface area contributed by atoms with Gasteiger partial charge in [-0.2, -0.15) is 13.5 Å². The van der Waals surface area contributed by atoms with Gasteiger partial charge in [-0.25, -0.2) is 9.34 Å². The molecule has 0 fully saturated rings. The number of para-hydroxylation sites is 2. The largest absolute Gasteiger partial charge is 0.430 e. The van der Waals surface area contributed by atoms with Gasteiger partial charge in [0.2, 0.25) is 0 Å². The van der Waals surface area contributed by atoms with Crippen molar-refractivity contribution in [2.24, 2.45) is 18.1 Å². The summed E-state index contributed by atoms with van der Waals surface area (Å²) < 4.78 is 36.7. The molecule has 0 aromatic heterocycles. The summed E-state index contributed by atoms with van der Waals surface area (Å²) in [5, 5.41) is 0. The first kappa shape index (κ1) is 23.4. The maximum Gasteiger partial charge on any atom is 0.335 e. The van der Waals surface area contributed by atoms with E-state index in [1.165, 1.54) is 0 Å². The van der Waals surface area contributed by atoms with Crippen molar-refractivity contribution in [3.63, 3.8) is 0 Å². The molecule has 0 amide bonds. The highest BCUT2D eigenvalue weighted by Gasteiger charge is 2.49. The molecule has 0 saturated carbocycles. The molecule has 2 aromatic rings. The molecule has 4 aliphatic heterocycles. The summed E-state index contributed by atoms with van der Waals surface area (Å²) in [7, 11) is -6.29. The summed E-state index contributed by atoms with van der Waals surface area (Å²) in [6.07, 6.45) is 0.824. The lowest BCUT2D eigenvalue weighted by molar-refractivity contribution is 0.311. The quantitative estimate of drug-likeness (QED) is 0.281. The van der Waals surface area contributed by atoms with Gasteiger partial charge in [0.05, 0.1) is 0 Å². The minimum atomic E-state index is -3.34. The molecule has 0 N–H and O–H groups in total. The fourth-order valence-electron chi connectivity index (χ4n) is 4.19. The fraction of sp³-hybridized carbons (Fsp3) is 0.294. The van der Waals surface area contributed by atoms with Crippen molar-refractivity contribution < 1.29 is 9.05 Å². The zero-order valence-electron chi connectivity index (χ0n) is 17.0. The van der Waals surface area contributed by atoms with E-state index in [-0.39, 0.29) is 0 Å². The van der Waals surface area contributed by atoms with Crippen LogP contribution < -0.4 is 9.05 Å². The Balaban J connectivity index is 1.68. The molecule has 176 valence electrons. The normalized spacial score (nSPS) is 31.8. The molecule has 0 saturated heterocycles. The molecule has 33 heavy (non-hydrogen) atoms. The average Bonchev–Trinajstić information content (AvgIpc) is 2.71. The third kappa shape index (κ3) is 4.30. The Morgan fingerprint density at radius 2 is 1.12 bits per heavy atom. The molecular formula is C17H18Cl4N6O2P4. The van der Waals surface area contributed by atoms with Crippen molar-refractivity contribution in [1.82, 2.24) is 9.34 Å². The van der Waals surface area contributed by atoms with Crippen LogP contribution in [-0.4, -0.2) is 22.4 Å². The van der Waals surface area contributed by atoms with E-state index in [4.69, 9.17) is 67.6 Å². The highest BCUT2D eigenvalue weighted by Crippen LogP contribution is 2.86. The van der Waals surface area contributed by atoms with Crippen LogP contribution in [0.1, 0.15) is 17.5 Å². The predicted molar refractivity (Wildman–Crippen MR) is 140 cm³/mol. The maximum absolute atomic E-state index is 6.63. The van der Waals surface area contributed by atoms with E-state index in [0.717, 1.165) is 17.5 Å². The van der Waals surface area contributed by atoms with Crippen molar-refractivity contribution in [3.05, 3.63) is 59.7 Å². The number of benzene rings is 2. The van der Waals surface area contributed by atoms with Crippen LogP contribution >= 0.6 is 71.9 Å². The first-order chi connectivity index (χ1) is 15.7. The Bertz CT molecular complexity index is 1320. The molecule has 2 spiro atoms. The van der Waals surface area contributed by atoms with E-state index < -0.39 is 27.0 Å². The number of rotatable bonds is 0. The molecule has 4 heterocycles. The van der Waals surface area contributed by atoms with Crippen LogP contribution in [0.2, 0.25) is 0 Å². The maximum atomic E-state index is 6.63. The highest BCUT2D eigenvalue weighted by atomic mass is 35.9. The van der Waals surface area contributed by atoms with Crippen LogP contribution in [0.15, 0.2) is 66.6 Å². The summed E-state index contributed by atoms with van der Waals surface area (Å²) in [5.74, 6) is -5.28. The van der Waals surface area contributed by atoms with Crippen molar-refractivity contribution in [2.75, 3.05) is 13.1 Å². The standard InChI is InChI=1S/C17H18Cl4N6O2P4/c18-30(19)22-31(20,21)24-33-25-32(23-30)26(12-14-6-1-3-8-16(14)28-32)10-5-11-27(33)13-15-7-2-4-9-17(15)29-33/h1-4,6-9H,5,10-13H2. The van der Waals surface area contributed by atoms with Crippen LogP contribution in [-0.2, 0) is 13.1 Å². The van der Waals surface area contributed by atoms with E-state index in [1.54, 1.807) is 0 Å². The van der Waals surface area contributed by atoms with Crippen molar-refractivity contribution in [1.29, 1.82) is 0 Å². The number of fused-ring (bicyclic) bond motifs is 2. The zero-order valence-corrected chi connectivity index (χ0v) is 23.6. The molecule has 16 heteroatoms. The van der Waals surface area contributed by atoms with Crippen LogP contribution in [0, 0.1) is 0 Å². The summed E-state index contributed by atoms with van der Waals surface area (Å²) in [5.41, 5.74) is 2.10. The Hall–Kier alpha value is 0.0400. The monoisotopic (exact) mass is 602 g/mol. The topological polar surface area (TPSA) is 74.4 Å². The average molecular weight is 604 g/mol. The van der Waals surface area contributed by atoms with Gasteiger partial charge in [0, 0.05) is 37.3 Å². The molecule has 4 aliphatic rings. The van der Waals surface area contributed by atoms with Crippen LogP contribution in [0.5, 0.6) is 11.5 Å². The van der Waals surface area contributed by atoms with Gasteiger partial charge in [-0.1, -0.05) is 36.4 Å². The molecule has 2 aromatic carbocycles. The van der Waals surface area contributed by atoms with Crippen molar-refractivity contribution >= 4 is 71.9 Å². The Morgan fingerprint density at radius 1 is 0.636 bits per heavy atom. The van der Waals surface area contributed by atoms with Gasteiger partial charge >= 0.3 is 15.2 Å². The zero-order chi connectivity index (χ0) is 22.9. The van der Waals surface area contributed by atoms with Gasteiger partial charge in [-0.15, -0.1) is 4.52 Å². The van der Waals surface area contributed by atoms with Gasteiger partial charge < -0.3 is 9.05 Å². The Kier molecular flexibility index (Phi) is 5.88. The smallest absolute Gasteiger partial charge is 0.335 e. The lowest BCUT2D eigenvalue weighted by atomic mass is 10.2. The molecule has 8 nitrogen and oxygen atoms in total. The Labute approximate surface area is 211 Å². The SMILES string of the molecule is ClP1(Cl)=NP(Cl)(Cl)=NP23=NP4(=N1)Oc1ccccc1CN4CCCN2Cc1ccccc1O3. The summed E-state index contributed by atoms with van der Waals surface area (Å²) in [4.78, 5) is 0.